The predicted octanol–water partition coefficient (Wildman–Crippen LogP) is 2.27. The Morgan fingerprint density at radius 1 is 1.21 bits per heavy atom. The third kappa shape index (κ3) is 5.60. The molecule has 134 valence electrons. The zero-order valence-corrected chi connectivity index (χ0v) is 16.0. The van der Waals surface area contributed by atoms with Crippen LogP contribution in [0.1, 0.15) is 56.5 Å². The number of hydrogen-bond donors (Lipinski definition) is 2. The standard InChI is InChI=1S/C18H28N2O3S/c1-17(2)10-15(11-18(3,4)20-17)19-16(21)14-8-6-7-13(9-14)12-24(5,22)23/h6-9,15,20H,10-12H2,1-5H3,(H,19,21). The summed E-state index contributed by atoms with van der Waals surface area (Å²) in [4.78, 5) is 12.6. The zero-order valence-electron chi connectivity index (χ0n) is 15.1. The van der Waals surface area contributed by atoms with Gasteiger partial charge in [0.1, 0.15) is 0 Å². The molecule has 0 unspecified atom stereocenters. The van der Waals surface area contributed by atoms with Gasteiger partial charge in [-0.25, -0.2) is 8.42 Å². The summed E-state index contributed by atoms with van der Waals surface area (Å²) in [5.41, 5.74) is 1.05. The second-order valence-corrected chi connectivity index (χ2v) is 10.4. The van der Waals surface area contributed by atoms with Gasteiger partial charge in [-0.1, -0.05) is 12.1 Å². The van der Waals surface area contributed by atoms with Crippen molar-refractivity contribution in [2.45, 2.75) is 63.4 Å². The van der Waals surface area contributed by atoms with Gasteiger partial charge in [0.2, 0.25) is 0 Å². The fourth-order valence-electron chi connectivity index (χ4n) is 3.80. The molecule has 1 aliphatic rings. The maximum Gasteiger partial charge on any atom is 0.251 e. The number of hydrogen-bond acceptors (Lipinski definition) is 4. The Morgan fingerprint density at radius 2 is 1.79 bits per heavy atom. The first-order valence-corrected chi connectivity index (χ1v) is 10.3. The molecule has 0 saturated carbocycles. The number of benzene rings is 1. The number of piperidine rings is 1. The molecule has 0 bridgehead atoms. The minimum Gasteiger partial charge on any atom is -0.349 e. The third-order valence-corrected chi connectivity index (χ3v) is 5.00. The maximum atomic E-state index is 12.6. The summed E-state index contributed by atoms with van der Waals surface area (Å²) in [6.45, 7) is 8.55. The van der Waals surface area contributed by atoms with E-state index in [1.54, 1.807) is 24.3 Å². The van der Waals surface area contributed by atoms with E-state index in [0.717, 1.165) is 12.8 Å². The number of nitrogens with one attached hydrogen (secondary N) is 2. The predicted molar refractivity (Wildman–Crippen MR) is 96.8 cm³/mol. The molecule has 0 aromatic heterocycles. The van der Waals surface area contributed by atoms with Crippen LogP contribution in [0.5, 0.6) is 0 Å². The lowest BCUT2D eigenvalue weighted by atomic mass is 9.79. The molecule has 1 aromatic carbocycles. The molecule has 1 heterocycles. The van der Waals surface area contributed by atoms with Gasteiger partial charge in [-0.15, -0.1) is 0 Å². The van der Waals surface area contributed by atoms with Crippen molar-refractivity contribution in [3.63, 3.8) is 0 Å². The molecule has 1 aromatic rings. The first kappa shape index (κ1) is 18.9. The third-order valence-electron chi connectivity index (χ3n) is 4.14. The first-order chi connectivity index (χ1) is 10.9. The van der Waals surface area contributed by atoms with Crippen molar-refractivity contribution in [2.24, 2.45) is 0 Å². The molecule has 1 aliphatic heterocycles. The molecule has 0 radical (unpaired) electrons. The minimum absolute atomic E-state index is 0.0438. The number of carbonyl (C=O) groups is 1. The fraction of sp³-hybridized carbons (Fsp3) is 0.611. The molecule has 2 N–H and O–H groups in total. The van der Waals surface area contributed by atoms with Crippen LogP contribution in [0.2, 0.25) is 0 Å². The molecular formula is C18H28N2O3S. The van der Waals surface area contributed by atoms with Gasteiger partial charge in [0.15, 0.2) is 9.84 Å². The van der Waals surface area contributed by atoms with E-state index in [2.05, 4.69) is 38.3 Å². The van der Waals surface area contributed by atoms with Crippen LogP contribution in [-0.2, 0) is 15.6 Å². The van der Waals surface area contributed by atoms with Crippen LogP contribution in [0.25, 0.3) is 0 Å². The second-order valence-electron chi connectivity index (χ2n) is 8.24. The Labute approximate surface area is 145 Å². The van der Waals surface area contributed by atoms with Gasteiger partial charge in [0.25, 0.3) is 5.91 Å². The van der Waals surface area contributed by atoms with E-state index in [4.69, 9.17) is 0 Å². The molecular weight excluding hydrogens is 324 g/mol. The van der Waals surface area contributed by atoms with Gasteiger partial charge >= 0.3 is 0 Å². The molecule has 1 saturated heterocycles. The van der Waals surface area contributed by atoms with Crippen molar-refractivity contribution >= 4 is 15.7 Å². The van der Waals surface area contributed by atoms with Crippen LogP contribution in [0.3, 0.4) is 0 Å². The van der Waals surface area contributed by atoms with Gasteiger partial charge in [0, 0.05) is 28.9 Å². The number of sulfone groups is 1. The van der Waals surface area contributed by atoms with E-state index in [1.807, 2.05) is 0 Å². The molecule has 0 spiro atoms. The van der Waals surface area contributed by atoms with Crippen molar-refractivity contribution in [3.05, 3.63) is 35.4 Å². The highest BCUT2D eigenvalue weighted by Crippen LogP contribution is 2.28. The Morgan fingerprint density at radius 3 is 2.33 bits per heavy atom. The van der Waals surface area contributed by atoms with Gasteiger partial charge in [-0.3, -0.25) is 4.79 Å². The Hall–Kier alpha value is -1.40. The van der Waals surface area contributed by atoms with E-state index in [0.29, 0.717) is 11.1 Å². The number of rotatable bonds is 4. The summed E-state index contributed by atoms with van der Waals surface area (Å²) in [5.74, 6) is -0.203. The molecule has 1 amide bonds. The summed E-state index contributed by atoms with van der Waals surface area (Å²) in [6.07, 6.45) is 2.90. The highest BCUT2D eigenvalue weighted by atomic mass is 32.2. The number of amides is 1. The molecule has 2 rings (SSSR count). The average Bonchev–Trinajstić information content (AvgIpc) is 2.32. The molecule has 5 nitrogen and oxygen atoms in total. The highest BCUT2D eigenvalue weighted by molar-refractivity contribution is 7.89. The largest absolute Gasteiger partial charge is 0.349 e. The van der Waals surface area contributed by atoms with Crippen molar-refractivity contribution in [1.82, 2.24) is 10.6 Å². The van der Waals surface area contributed by atoms with Crippen molar-refractivity contribution in [1.29, 1.82) is 0 Å². The number of carbonyl (C=O) groups excluding carboxylic acids is 1. The molecule has 0 atom stereocenters. The van der Waals surface area contributed by atoms with Crippen LogP contribution < -0.4 is 10.6 Å². The lowest BCUT2D eigenvalue weighted by Crippen LogP contribution is -2.62. The Kier molecular flexibility index (Phi) is 5.11. The van der Waals surface area contributed by atoms with E-state index in [9.17, 15) is 13.2 Å². The van der Waals surface area contributed by atoms with E-state index < -0.39 is 9.84 Å². The van der Waals surface area contributed by atoms with E-state index in [1.165, 1.54) is 6.26 Å². The maximum absolute atomic E-state index is 12.6. The summed E-state index contributed by atoms with van der Waals surface area (Å²) >= 11 is 0. The van der Waals surface area contributed by atoms with Crippen molar-refractivity contribution in [3.8, 4) is 0 Å². The van der Waals surface area contributed by atoms with Gasteiger partial charge < -0.3 is 10.6 Å². The quantitative estimate of drug-likeness (QED) is 0.872. The second kappa shape index (κ2) is 6.48. The highest BCUT2D eigenvalue weighted by Gasteiger charge is 2.38. The van der Waals surface area contributed by atoms with Crippen LogP contribution in [0.4, 0.5) is 0 Å². The lowest BCUT2D eigenvalue weighted by Gasteiger charge is -2.46. The SMILES string of the molecule is CC1(C)CC(NC(=O)c2cccc(CS(C)(=O)=O)c2)CC(C)(C)N1. The molecule has 6 heteroatoms. The molecule has 24 heavy (non-hydrogen) atoms. The van der Waals surface area contributed by atoms with Crippen LogP contribution in [0, 0.1) is 0 Å². The van der Waals surface area contributed by atoms with Crippen LogP contribution >= 0.6 is 0 Å². The average molecular weight is 353 g/mol. The molecule has 0 aliphatic carbocycles. The normalized spacial score (nSPS) is 20.5. The van der Waals surface area contributed by atoms with Gasteiger partial charge in [-0.05, 0) is 58.2 Å². The minimum atomic E-state index is -3.12. The monoisotopic (exact) mass is 352 g/mol. The zero-order chi connectivity index (χ0) is 18.2. The first-order valence-electron chi connectivity index (χ1n) is 8.22. The Balaban J connectivity index is 2.11. The van der Waals surface area contributed by atoms with E-state index in [-0.39, 0.29) is 28.8 Å². The van der Waals surface area contributed by atoms with Crippen molar-refractivity contribution in [2.75, 3.05) is 6.26 Å². The topological polar surface area (TPSA) is 75.3 Å². The molecule has 1 fully saturated rings. The summed E-state index contributed by atoms with van der Waals surface area (Å²) in [6, 6.07) is 6.93. The van der Waals surface area contributed by atoms with E-state index >= 15 is 0 Å². The van der Waals surface area contributed by atoms with Gasteiger partial charge in [-0.2, -0.15) is 0 Å². The Bertz CT molecular complexity index is 708. The smallest absolute Gasteiger partial charge is 0.251 e. The van der Waals surface area contributed by atoms with Crippen molar-refractivity contribution < 1.29 is 13.2 Å². The van der Waals surface area contributed by atoms with Crippen LogP contribution in [-0.4, -0.2) is 37.7 Å². The summed E-state index contributed by atoms with van der Waals surface area (Å²) < 4.78 is 22.9. The summed E-state index contributed by atoms with van der Waals surface area (Å²) in [7, 11) is -3.12. The fourth-order valence-corrected chi connectivity index (χ4v) is 4.58. The van der Waals surface area contributed by atoms with Crippen LogP contribution in [0.15, 0.2) is 24.3 Å². The summed E-state index contributed by atoms with van der Waals surface area (Å²) in [5, 5.41) is 6.70. The van der Waals surface area contributed by atoms with Gasteiger partial charge in [0.05, 0.1) is 5.75 Å². The lowest BCUT2D eigenvalue weighted by molar-refractivity contribution is 0.0873.